The molecule has 5 unspecified atom stereocenters. The Morgan fingerprint density at radius 2 is 1.75 bits per heavy atom. The summed E-state index contributed by atoms with van der Waals surface area (Å²) in [4.78, 5) is 26.2. The lowest BCUT2D eigenvalue weighted by Gasteiger charge is -2.51. The highest BCUT2D eigenvalue weighted by molar-refractivity contribution is 6.02. The van der Waals surface area contributed by atoms with Crippen molar-refractivity contribution in [3.05, 3.63) is 71.3 Å². The Hall–Kier alpha value is -2.46. The quantitative estimate of drug-likeness (QED) is 0.865. The monoisotopic (exact) mass is 374 g/mol. The molecule has 4 heteroatoms. The normalized spacial score (nSPS) is 30.9. The molecule has 0 aromatic heterocycles. The zero-order valence-electron chi connectivity index (χ0n) is 15.9. The molecule has 0 bridgehead atoms. The second-order valence-electron chi connectivity index (χ2n) is 8.37. The highest BCUT2D eigenvalue weighted by Gasteiger charge is 2.54. The van der Waals surface area contributed by atoms with Gasteiger partial charge in [-0.1, -0.05) is 61.0 Å². The molecule has 0 spiro atoms. The average Bonchev–Trinajstić information content (AvgIpc) is 2.73. The van der Waals surface area contributed by atoms with Crippen molar-refractivity contribution < 1.29 is 9.59 Å². The first kappa shape index (κ1) is 17.6. The zero-order chi connectivity index (χ0) is 19.1. The average molecular weight is 374 g/mol. The van der Waals surface area contributed by atoms with Gasteiger partial charge in [-0.25, -0.2) is 0 Å². The van der Waals surface area contributed by atoms with E-state index in [2.05, 4.69) is 28.8 Å². The number of fused-ring (bicyclic) bond motifs is 2. The van der Waals surface area contributed by atoms with E-state index in [1.54, 1.807) is 0 Å². The lowest BCUT2D eigenvalue weighted by atomic mass is 9.57. The molecule has 4 nitrogen and oxygen atoms in total. The number of piperidine rings is 1. The van der Waals surface area contributed by atoms with E-state index in [0.717, 1.165) is 43.4 Å². The predicted molar refractivity (Wildman–Crippen MR) is 108 cm³/mol. The minimum atomic E-state index is -0.278. The van der Waals surface area contributed by atoms with Gasteiger partial charge < -0.3 is 10.6 Å². The molecule has 1 saturated carbocycles. The van der Waals surface area contributed by atoms with Crippen LogP contribution in [-0.2, 0) is 11.2 Å². The SMILES string of the molecule is O=C1c2ccccc2C2C(NCCc3ccccc3)C(=O)NC3CCCC1C32. The van der Waals surface area contributed by atoms with Crippen molar-refractivity contribution in [1.82, 2.24) is 10.6 Å². The number of benzene rings is 2. The second kappa shape index (κ2) is 7.17. The lowest BCUT2D eigenvalue weighted by Crippen LogP contribution is -2.65. The van der Waals surface area contributed by atoms with Crippen molar-refractivity contribution >= 4 is 11.7 Å². The molecule has 5 atom stereocenters. The summed E-state index contributed by atoms with van der Waals surface area (Å²) in [6.07, 6.45) is 3.82. The maximum absolute atomic E-state index is 13.1. The van der Waals surface area contributed by atoms with Crippen LogP contribution < -0.4 is 10.6 Å². The largest absolute Gasteiger partial charge is 0.352 e. The van der Waals surface area contributed by atoms with Crippen LogP contribution >= 0.6 is 0 Å². The molecule has 2 aliphatic carbocycles. The molecule has 1 saturated heterocycles. The van der Waals surface area contributed by atoms with Crippen molar-refractivity contribution in [1.29, 1.82) is 0 Å². The van der Waals surface area contributed by atoms with Gasteiger partial charge in [0.05, 0.1) is 6.04 Å². The number of nitrogens with one attached hydrogen (secondary N) is 2. The van der Waals surface area contributed by atoms with Crippen LogP contribution in [-0.4, -0.2) is 30.3 Å². The van der Waals surface area contributed by atoms with Crippen LogP contribution in [0.1, 0.15) is 46.7 Å². The number of carbonyl (C=O) groups is 2. The zero-order valence-corrected chi connectivity index (χ0v) is 15.9. The predicted octanol–water partition coefficient (Wildman–Crippen LogP) is 3.08. The van der Waals surface area contributed by atoms with E-state index < -0.39 is 0 Å². The summed E-state index contributed by atoms with van der Waals surface area (Å²) in [5.41, 5.74) is 3.16. The summed E-state index contributed by atoms with van der Waals surface area (Å²) in [6.45, 7) is 0.747. The number of amides is 1. The third kappa shape index (κ3) is 2.87. The van der Waals surface area contributed by atoms with E-state index in [1.807, 2.05) is 36.4 Å². The van der Waals surface area contributed by atoms with Crippen LogP contribution in [0.25, 0.3) is 0 Å². The molecule has 2 aromatic carbocycles. The molecule has 28 heavy (non-hydrogen) atoms. The number of Topliss-reactive ketones (excluding diaryl/α,β-unsaturated/α-hetero) is 1. The van der Waals surface area contributed by atoms with E-state index in [9.17, 15) is 9.59 Å². The molecule has 2 fully saturated rings. The Balaban J connectivity index is 1.45. The third-order valence-electron chi connectivity index (χ3n) is 6.89. The van der Waals surface area contributed by atoms with Crippen LogP contribution in [0.3, 0.4) is 0 Å². The van der Waals surface area contributed by atoms with E-state index in [4.69, 9.17) is 0 Å². The van der Waals surface area contributed by atoms with Gasteiger partial charge in [0.25, 0.3) is 0 Å². The van der Waals surface area contributed by atoms with Crippen LogP contribution in [0.15, 0.2) is 54.6 Å². The van der Waals surface area contributed by atoms with Gasteiger partial charge in [-0.3, -0.25) is 9.59 Å². The van der Waals surface area contributed by atoms with Crippen molar-refractivity contribution in [2.24, 2.45) is 11.8 Å². The molecular weight excluding hydrogens is 348 g/mol. The van der Waals surface area contributed by atoms with Crippen molar-refractivity contribution in [3.8, 4) is 0 Å². The fraction of sp³-hybridized carbons (Fsp3) is 0.417. The summed E-state index contributed by atoms with van der Waals surface area (Å²) >= 11 is 0. The van der Waals surface area contributed by atoms with Gasteiger partial charge in [0.15, 0.2) is 5.78 Å². The summed E-state index contributed by atoms with van der Waals surface area (Å²) in [5.74, 6) is 0.694. The highest BCUT2D eigenvalue weighted by atomic mass is 16.2. The summed E-state index contributed by atoms with van der Waals surface area (Å²) in [6, 6.07) is 18.1. The van der Waals surface area contributed by atoms with E-state index in [-0.39, 0.29) is 41.5 Å². The molecule has 2 N–H and O–H groups in total. The number of ketones is 1. The lowest BCUT2D eigenvalue weighted by molar-refractivity contribution is -0.129. The topological polar surface area (TPSA) is 58.2 Å². The molecule has 3 aliphatic rings. The van der Waals surface area contributed by atoms with Crippen LogP contribution in [0.5, 0.6) is 0 Å². The van der Waals surface area contributed by atoms with E-state index in [1.165, 1.54) is 5.56 Å². The summed E-state index contributed by atoms with van der Waals surface area (Å²) < 4.78 is 0. The van der Waals surface area contributed by atoms with Crippen LogP contribution in [0.4, 0.5) is 0 Å². The van der Waals surface area contributed by atoms with Crippen LogP contribution in [0, 0.1) is 11.8 Å². The molecule has 1 amide bonds. The standard InChI is InChI=1S/C24H26N2O2/c27-23-17-10-5-4-9-16(17)21-20-18(23)11-6-12-19(20)26-24(28)22(21)25-14-13-15-7-2-1-3-8-15/h1-5,7-10,18-22,25H,6,11-14H2,(H,26,28). The maximum atomic E-state index is 13.1. The van der Waals surface area contributed by atoms with Crippen molar-refractivity contribution in [2.75, 3.05) is 6.54 Å². The minimum Gasteiger partial charge on any atom is -0.352 e. The Labute approximate surface area is 165 Å². The first-order valence-electron chi connectivity index (χ1n) is 10.4. The fourth-order valence-corrected chi connectivity index (χ4v) is 5.69. The van der Waals surface area contributed by atoms with Gasteiger partial charge in [-0.05, 0) is 42.9 Å². The maximum Gasteiger partial charge on any atom is 0.238 e. The molecule has 0 radical (unpaired) electrons. The number of carbonyl (C=O) groups excluding carboxylic acids is 2. The second-order valence-corrected chi connectivity index (χ2v) is 8.37. The molecular formula is C24H26N2O2. The third-order valence-corrected chi connectivity index (χ3v) is 6.89. The summed E-state index contributed by atoms with van der Waals surface area (Å²) in [7, 11) is 0. The molecule has 1 aliphatic heterocycles. The van der Waals surface area contributed by atoms with Gasteiger partial charge in [-0.2, -0.15) is 0 Å². The number of hydrogen-bond acceptors (Lipinski definition) is 3. The Morgan fingerprint density at radius 1 is 0.964 bits per heavy atom. The highest BCUT2D eigenvalue weighted by Crippen LogP contribution is 2.49. The number of hydrogen-bond donors (Lipinski definition) is 2. The van der Waals surface area contributed by atoms with E-state index in [0.29, 0.717) is 0 Å². The molecule has 2 aromatic rings. The van der Waals surface area contributed by atoms with Gasteiger partial charge in [0, 0.05) is 23.4 Å². The van der Waals surface area contributed by atoms with Gasteiger partial charge in [0.2, 0.25) is 5.91 Å². The Morgan fingerprint density at radius 3 is 2.61 bits per heavy atom. The molecule has 144 valence electrons. The van der Waals surface area contributed by atoms with Crippen molar-refractivity contribution in [2.45, 2.75) is 43.7 Å². The first-order chi connectivity index (χ1) is 13.7. The Bertz CT molecular complexity index is 894. The van der Waals surface area contributed by atoms with Crippen LogP contribution in [0.2, 0.25) is 0 Å². The van der Waals surface area contributed by atoms with Gasteiger partial charge >= 0.3 is 0 Å². The summed E-state index contributed by atoms with van der Waals surface area (Å²) in [5, 5.41) is 6.78. The molecule has 1 heterocycles. The Kier molecular flexibility index (Phi) is 4.52. The fourth-order valence-electron chi connectivity index (χ4n) is 5.69. The van der Waals surface area contributed by atoms with Gasteiger partial charge in [-0.15, -0.1) is 0 Å². The van der Waals surface area contributed by atoms with Gasteiger partial charge in [0.1, 0.15) is 0 Å². The molecule has 5 rings (SSSR count). The number of rotatable bonds is 4. The first-order valence-corrected chi connectivity index (χ1v) is 10.4. The van der Waals surface area contributed by atoms with Crippen molar-refractivity contribution in [3.63, 3.8) is 0 Å². The van der Waals surface area contributed by atoms with E-state index >= 15 is 0 Å². The minimum absolute atomic E-state index is 0.0395. The smallest absolute Gasteiger partial charge is 0.238 e.